The van der Waals surface area contributed by atoms with Crippen LogP contribution < -0.4 is 10.6 Å². The Balaban J connectivity index is 1.57. The molecule has 3 atom stereocenters. The number of amides is 1. The monoisotopic (exact) mass is 258 g/mol. The molecule has 3 heteroatoms. The summed E-state index contributed by atoms with van der Waals surface area (Å²) in [4.78, 5) is 12.3. The first-order chi connectivity index (χ1) is 9.25. The lowest BCUT2D eigenvalue weighted by atomic mass is 9.77. The maximum absolute atomic E-state index is 12.3. The van der Waals surface area contributed by atoms with Gasteiger partial charge in [-0.3, -0.25) is 4.79 Å². The highest BCUT2D eigenvalue weighted by Crippen LogP contribution is 2.35. The molecule has 1 saturated heterocycles. The second kappa shape index (κ2) is 5.33. The molecule has 2 aliphatic rings. The third kappa shape index (κ3) is 2.52. The van der Waals surface area contributed by atoms with Crippen molar-refractivity contribution in [2.45, 2.75) is 38.1 Å². The third-order valence-corrected chi connectivity index (χ3v) is 4.58. The molecule has 0 aromatic heterocycles. The van der Waals surface area contributed by atoms with E-state index in [9.17, 15) is 4.79 Å². The second-order valence-electron chi connectivity index (χ2n) is 5.86. The Morgan fingerprint density at radius 2 is 2.26 bits per heavy atom. The topological polar surface area (TPSA) is 41.1 Å². The van der Waals surface area contributed by atoms with Gasteiger partial charge in [0.05, 0.1) is 5.92 Å². The fourth-order valence-electron chi connectivity index (χ4n) is 3.24. The van der Waals surface area contributed by atoms with Crippen LogP contribution in [0.4, 0.5) is 0 Å². The van der Waals surface area contributed by atoms with E-state index in [-0.39, 0.29) is 17.9 Å². The summed E-state index contributed by atoms with van der Waals surface area (Å²) in [5, 5.41) is 6.62. The normalized spacial score (nSPS) is 27.0. The van der Waals surface area contributed by atoms with Gasteiger partial charge in [0.2, 0.25) is 5.91 Å². The van der Waals surface area contributed by atoms with Crippen molar-refractivity contribution >= 4 is 5.91 Å². The van der Waals surface area contributed by atoms with Crippen molar-refractivity contribution in [2.24, 2.45) is 5.92 Å². The molecule has 1 aromatic carbocycles. The van der Waals surface area contributed by atoms with Crippen molar-refractivity contribution in [2.75, 3.05) is 13.1 Å². The maximum atomic E-state index is 12.3. The average molecular weight is 258 g/mol. The van der Waals surface area contributed by atoms with Crippen molar-refractivity contribution in [1.82, 2.24) is 10.6 Å². The number of fused-ring (bicyclic) bond motifs is 1. The summed E-state index contributed by atoms with van der Waals surface area (Å²) in [6.45, 7) is 4.29. The lowest BCUT2D eigenvalue weighted by molar-refractivity contribution is -0.124. The van der Waals surface area contributed by atoms with Gasteiger partial charge < -0.3 is 10.6 Å². The molecule has 3 nitrogen and oxygen atoms in total. The largest absolute Gasteiger partial charge is 0.353 e. The van der Waals surface area contributed by atoms with Crippen molar-refractivity contribution in [1.29, 1.82) is 0 Å². The van der Waals surface area contributed by atoms with Crippen molar-refractivity contribution in [3.8, 4) is 0 Å². The quantitative estimate of drug-likeness (QED) is 0.868. The van der Waals surface area contributed by atoms with Crippen molar-refractivity contribution < 1.29 is 4.79 Å². The molecule has 1 aliphatic heterocycles. The molecular weight excluding hydrogens is 236 g/mol. The van der Waals surface area contributed by atoms with Gasteiger partial charge in [-0.05, 0) is 56.3 Å². The lowest BCUT2D eigenvalue weighted by Crippen LogP contribution is -2.47. The van der Waals surface area contributed by atoms with Crippen molar-refractivity contribution in [3.05, 3.63) is 35.4 Å². The van der Waals surface area contributed by atoms with Crippen LogP contribution in [0.25, 0.3) is 0 Å². The Morgan fingerprint density at radius 1 is 1.42 bits per heavy atom. The molecule has 1 heterocycles. The van der Waals surface area contributed by atoms with E-state index in [2.05, 4.69) is 29.7 Å². The lowest BCUT2D eigenvalue weighted by Gasteiger charge is -2.33. The van der Waals surface area contributed by atoms with Gasteiger partial charge in [-0.1, -0.05) is 24.3 Å². The number of nitrogens with one attached hydrogen (secondary N) is 2. The van der Waals surface area contributed by atoms with Crippen LogP contribution in [0.15, 0.2) is 24.3 Å². The molecule has 1 aromatic rings. The summed E-state index contributed by atoms with van der Waals surface area (Å²) in [7, 11) is 0. The Morgan fingerprint density at radius 3 is 3.00 bits per heavy atom. The molecule has 2 N–H and O–H groups in total. The molecule has 19 heavy (non-hydrogen) atoms. The molecule has 1 amide bonds. The van der Waals surface area contributed by atoms with E-state index >= 15 is 0 Å². The predicted molar refractivity (Wildman–Crippen MR) is 76.1 cm³/mol. The summed E-state index contributed by atoms with van der Waals surface area (Å²) in [6, 6.07) is 8.53. The molecule has 3 rings (SSSR count). The standard InChI is InChI=1S/C16H22N2O/c1-11(13-6-4-8-17-10-13)18-16(19)15-9-12-5-2-3-7-14(12)15/h2-3,5,7,11,13,15,17H,4,6,8-10H2,1H3,(H,18,19). The fourth-order valence-corrected chi connectivity index (χ4v) is 3.24. The number of piperidine rings is 1. The number of hydrogen-bond donors (Lipinski definition) is 2. The highest BCUT2D eigenvalue weighted by Gasteiger charge is 2.33. The smallest absolute Gasteiger partial charge is 0.228 e. The summed E-state index contributed by atoms with van der Waals surface area (Å²) in [5.74, 6) is 0.861. The zero-order valence-corrected chi connectivity index (χ0v) is 11.5. The van der Waals surface area contributed by atoms with Gasteiger partial charge in [-0.2, -0.15) is 0 Å². The van der Waals surface area contributed by atoms with E-state index in [4.69, 9.17) is 0 Å². The van der Waals surface area contributed by atoms with Gasteiger partial charge >= 0.3 is 0 Å². The minimum atomic E-state index is 0.0789. The summed E-state index contributed by atoms with van der Waals surface area (Å²) in [5.41, 5.74) is 2.55. The summed E-state index contributed by atoms with van der Waals surface area (Å²) in [6.07, 6.45) is 3.34. The van der Waals surface area contributed by atoms with Crippen LogP contribution >= 0.6 is 0 Å². The molecule has 1 aliphatic carbocycles. The average Bonchev–Trinajstić information content (AvgIpc) is 2.41. The van der Waals surface area contributed by atoms with E-state index < -0.39 is 0 Å². The maximum Gasteiger partial charge on any atom is 0.228 e. The van der Waals surface area contributed by atoms with Crippen LogP contribution in [0.5, 0.6) is 0 Å². The van der Waals surface area contributed by atoms with E-state index in [0.717, 1.165) is 19.5 Å². The van der Waals surface area contributed by atoms with E-state index in [0.29, 0.717) is 5.92 Å². The number of carbonyl (C=O) groups excluding carboxylic acids is 1. The Bertz CT molecular complexity index is 466. The molecule has 1 fully saturated rings. The zero-order valence-electron chi connectivity index (χ0n) is 11.5. The van der Waals surface area contributed by atoms with Crippen LogP contribution in [0.2, 0.25) is 0 Å². The SMILES string of the molecule is CC(NC(=O)C1Cc2ccccc21)C1CCCNC1. The number of rotatable bonds is 3. The molecule has 0 saturated carbocycles. The van der Waals surface area contributed by atoms with Gasteiger partial charge in [-0.25, -0.2) is 0 Å². The predicted octanol–water partition coefficient (Wildman–Crippen LogP) is 1.83. The van der Waals surface area contributed by atoms with Crippen LogP contribution in [0, 0.1) is 5.92 Å². The number of benzene rings is 1. The second-order valence-corrected chi connectivity index (χ2v) is 5.86. The third-order valence-electron chi connectivity index (χ3n) is 4.58. The Hall–Kier alpha value is -1.35. The molecule has 3 unspecified atom stereocenters. The Kier molecular flexibility index (Phi) is 3.56. The first-order valence-electron chi connectivity index (χ1n) is 7.34. The van der Waals surface area contributed by atoms with Gasteiger partial charge in [-0.15, -0.1) is 0 Å². The minimum absolute atomic E-state index is 0.0789. The first-order valence-corrected chi connectivity index (χ1v) is 7.34. The van der Waals surface area contributed by atoms with Gasteiger partial charge in [0.15, 0.2) is 0 Å². The van der Waals surface area contributed by atoms with Crippen LogP contribution in [0.1, 0.15) is 36.8 Å². The zero-order chi connectivity index (χ0) is 13.2. The Labute approximate surface area is 114 Å². The summed E-state index contributed by atoms with van der Waals surface area (Å²) < 4.78 is 0. The highest BCUT2D eigenvalue weighted by molar-refractivity contribution is 5.87. The molecule has 0 radical (unpaired) electrons. The van der Waals surface area contributed by atoms with Gasteiger partial charge in [0.25, 0.3) is 0 Å². The minimum Gasteiger partial charge on any atom is -0.353 e. The number of hydrogen-bond acceptors (Lipinski definition) is 2. The number of carbonyl (C=O) groups is 1. The van der Waals surface area contributed by atoms with Crippen LogP contribution in [-0.4, -0.2) is 25.0 Å². The first kappa shape index (κ1) is 12.7. The molecule has 0 spiro atoms. The highest BCUT2D eigenvalue weighted by atomic mass is 16.2. The van der Waals surface area contributed by atoms with E-state index in [1.54, 1.807) is 0 Å². The van der Waals surface area contributed by atoms with Crippen LogP contribution in [0.3, 0.4) is 0 Å². The molecule has 102 valence electrons. The molecule has 0 bridgehead atoms. The summed E-state index contributed by atoms with van der Waals surface area (Å²) >= 11 is 0. The van der Waals surface area contributed by atoms with E-state index in [1.165, 1.54) is 24.0 Å². The van der Waals surface area contributed by atoms with Crippen LogP contribution in [-0.2, 0) is 11.2 Å². The van der Waals surface area contributed by atoms with Crippen molar-refractivity contribution in [3.63, 3.8) is 0 Å². The van der Waals surface area contributed by atoms with E-state index in [1.807, 2.05) is 12.1 Å². The molecular formula is C16H22N2O. The van der Waals surface area contributed by atoms with Gasteiger partial charge in [0.1, 0.15) is 0 Å². The fraction of sp³-hybridized carbons (Fsp3) is 0.562. The van der Waals surface area contributed by atoms with Gasteiger partial charge in [0, 0.05) is 6.04 Å².